The fourth-order valence-electron chi connectivity index (χ4n) is 4.75. The SMILES string of the molecule is O=C(Cc1ccc([N+](=O)[O-])cc1)N1CCC(Cn2c(COc3ccccc3)nc3ccccc32)CC1. The molecule has 8 heteroatoms. The molecule has 0 unspecified atom stereocenters. The molecule has 0 bridgehead atoms. The Morgan fingerprint density at radius 1 is 0.972 bits per heavy atom. The minimum absolute atomic E-state index is 0.0348. The van der Waals surface area contributed by atoms with E-state index < -0.39 is 4.92 Å². The summed E-state index contributed by atoms with van der Waals surface area (Å²) in [6.45, 7) is 2.64. The Labute approximate surface area is 209 Å². The third-order valence-electron chi connectivity index (χ3n) is 6.76. The van der Waals surface area contributed by atoms with Crippen LogP contribution in [0.1, 0.15) is 24.2 Å². The van der Waals surface area contributed by atoms with Crippen LogP contribution in [0.15, 0.2) is 78.9 Å². The number of nitro benzene ring substituents is 1. The molecule has 8 nitrogen and oxygen atoms in total. The number of nitrogens with zero attached hydrogens (tertiary/aromatic N) is 4. The third-order valence-corrected chi connectivity index (χ3v) is 6.76. The summed E-state index contributed by atoms with van der Waals surface area (Å²) in [5.41, 5.74) is 2.88. The fourth-order valence-corrected chi connectivity index (χ4v) is 4.75. The molecular formula is C28H28N4O4. The van der Waals surface area contributed by atoms with Gasteiger partial charge in [0.25, 0.3) is 5.69 Å². The molecule has 0 saturated carbocycles. The van der Waals surface area contributed by atoms with Crippen LogP contribution in [0.2, 0.25) is 0 Å². The van der Waals surface area contributed by atoms with Crippen LogP contribution in [-0.2, 0) is 24.4 Å². The number of hydrogen-bond donors (Lipinski definition) is 0. The van der Waals surface area contributed by atoms with Crippen molar-refractivity contribution >= 4 is 22.6 Å². The fraction of sp³-hybridized carbons (Fsp3) is 0.286. The summed E-state index contributed by atoms with van der Waals surface area (Å²) in [6.07, 6.45) is 2.09. The maximum atomic E-state index is 12.8. The van der Waals surface area contributed by atoms with E-state index in [0.717, 1.165) is 47.6 Å². The molecule has 1 amide bonds. The summed E-state index contributed by atoms with van der Waals surface area (Å²) in [7, 11) is 0. The Bertz CT molecular complexity index is 1340. The molecule has 0 spiro atoms. The van der Waals surface area contributed by atoms with Gasteiger partial charge < -0.3 is 14.2 Å². The number of non-ortho nitro benzene ring substituents is 1. The number of hydrogen-bond acceptors (Lipinski definition) is 5. The van der Waals surface area contributed by atoms with Crippen molar-refractivity contribution in [2.24, 2.45) is 5.92 Å². The molecule has 3 aromatic carbocycles. The van der Waals surface area contributed by atoms with Crippen molar-refractivity contribution in [1.29, 1.82) is 0 Å². The molecule has 0 N–H and O–H groups in total. The number of para-hydroxylation sites is 3. The lowest BCUT2D eigenvalue weighted by Gasteiger charge is -2.32. The van der Waals surface area contributed by atoms with Crippen molar-refractivity contribution < 1.29 is 14.5 Å². The van der Waals surface area contributed by atoms with Gasteiger partial charge in [0.05, 0.1) is 22.4 Å². The number of piperidine rings is 1. The molecule has 1 saturated heterocycles. The van der Waals surface area contributed by atoms with Crippen molar-refractivity contribution in [3.8, 4) is 5.75 Å². The van der Waals surface area contributed by atoms with Crippen LogP contribution in [0.25, 0.3) is 11.0 Å². The zero-order valence-corrected chi connectivity index (χ0v) is 20.0. The maximum Gasteiger partial charge on any atom is 0.269 e. The molecular weight excluding hydrogens is 456 g/mol. The van der Waals surface area contributed by atoms with E-state index in [1.807, 2.05) is 53.4 Å². The molecule has 1 aliphatic heterocycles. The number of carbonyl (C=O) groups excluding carboxylic acids is 1. The summed E-state index contributed by atoms with van der Waals surface area (Å²) in [6, 6.07) is 24.1. The number of ether oxygens (including phenoxy) is 1. The lowest BCUT2D eigenvalue weighted by Crippen LogP contribution is -2.40. The molecule has 0 radical (unpaired) electrons. The average Bonchev–Trinajstić information content (AvgIpc) is 3.26. The number of likely N-dealkylation sites (tertiary alicyclic amines) is 1. The highest BCUT2D eigenvalue weighted by Gasteiger charge is 2.25. The maximum absolute atomic E-state index is 12.8. The van der Waals surface area contributed by atoms with E-state index in [2.05, 4.69) is 10.6 Å². The average molecular weight is 485 g/mol. The van der Waals surface area contributed by atoms with Crippen LogP contribution in [-0.4, -0.2) is 38.4 Å². The zero-order valence-electron chi connectivity index (χ0n) is 20.0. The van der Waals surface area contributed by atoms with E-state index in [-0.39, 0.29) is 18.0 Å². The van der Waals surface area contributed by atoms with E-state index in [0.29, 0.717) is 25.6 Å². The summed E-state index contributed by atoms with van der Waals surface area (Å²) in [5, 5.41) is 10.8. The molecule has 36 heavy (non-hydrogen) atoms. The summed E-state index contributed by atoms with van der Waals surface area (Å²) >= 11 is 0. The second-order valence-corrected chi connectivity index (χ2v) is 9.15. The lowest BCUT2D eigenvalue weighted by atomic mass is 9.96. The van der Waals surface area contributed by atoms with Crippen LogP contribution >= 0.6 is 0 Å². The van der Waals surface area contributed by atoms with E-state index in [1.165, 1.54) is 12.1 Å². The molecule has 0 atom stereocenters. The Balaban J connectivity index is 1.21. The topological polar surface area (TPSA) is 90.5 Å². The van der Waals surface area contributed by atoms with Crippen molar-refractivity contribution in [2.45, 2.75) is 32.4 Å². The summed E-state index contributed by atoms with van der Waals surface area (Å²) in [4.78, 5) is 30.0. The molecule has 2 heterocycles. The van der Waals surface area contributed by atoms with Gasteiger partial charge in [-0.15, -0.1) is 0 Å². The van der Waals surface area contributed by atoms with Crippen LogP contribution in [0.4, 0.5) is 5.69 Å². The smallest absolute Gasteiger partial charge is 0.269 e. The summed E-state index contributed by atoms with van der Waals surface area (Å²) < 4.78 is 8.26. The molecule has 1 fully saturated rings. The predicted octanol–water partition coefficient (Wildman–Crippen LogP) is 5.00. The van der Waals surface area contributed by atoms with Gasteiger partial charge in [-0.25, -0.2) is 4.98 Å². The lowest BCUT2D eigenvalue weighted by molar-refractivity contribution is -0.384. The first-order valence-corrected chi connectivity index (χ1v) is 12.2. The van der Waals surface area contributed by atoms with Crippen LogP contribution in [0.5, 0.6) is 5.75 Å². The quantitative estimate of drug-likeness (QED) is 0.259. The number of carbonyl (C=O) groups is 1. The van der Waals surface area contributed by atoms with Crippen LogP contribution in [0.3, 0.4) is 0 Å². The van der Waals surface area contributed by atoms with Gasteiger partial charge in [0, 0.05) is 31.8 Å². The number of amides is 1. The largest absolute Gasteiger partial charge is 0.486 e. The minimum atomic E-state index is -0.431. The van der Waals surface area contributed by atoms with Gasteiger partial charge in [-0.1, -0.05) is 42.5 Å². The van der Waals surface area contributed by atoms with Crippen molar-refractivity contribution in [3.05, 3.63) is 100 Å². The van der Waals surface area contributed by atoms with E-state index in [1.54, 1.807) is 12.1 Å². The van der Waals surface area contributed by atoms with Gasteiger partial charge in [-0.3, -0.25) is 14.9 Å². The number of fused-ring (bicyclic) bond motifs is 1. The standard InChI is InChI=1S/C28H28N4O4/c33-28(18-21-10-12-23(13-11-21)32(34)35)30-16-14-22(15-17-30)19-31-26-9-5-4-8-25(26)29-27(31)20-36-24-6-2-1-3-7-24/h1-13,22H,14-20H2. The number of rotatable bonds is 8. The summed E-state index contributed by atoms with van der Waals surface area (Å²) in [5.74, 6) is 2.21. The van der Waals surface area contributed by atoms with Gasteiger partial charge in [0.1, 0.15) is 18.2 Å². The Hall–Kier alpha value is -4.20. The minimum Gasteiger partial charge on any atom is -0.486 e. The van der Waals surface area contributed by atoms with Gasteiger partial charge >= 0.3 is 0 Å². The van der Waals surface area contributed by atoms with E-state index in [4.69, 9.17) is 9.72 Å². The van der Waals surface area contributed by atoms with Crippen molar-refractivity contribution in [3.63, 3.8) is 0 Å². The molecule has 0 aliphatic carbocycles. The Morgan fingerprint density at radius 2 is 1.67 bits per heavy atom. The molecule has 5 rings (SSSR count). The molecule has 4 aromatic rings. The molecule has 1 aromatic heterocycles. The number of imidazole rings is 1. The highest BCUT2D eigenvalue weighted by atomic mass is 16.6. The van der Waals surface area contributed by atoms with Gasteiger partial charge in [-0.2, -0.15) is 0 Å². The highest BCUT2D eigenvalue weighted by molar-refractivity contribution is 5.79. The third kappa shape index (κ3) is 5.38. The monoisotopic (exact) mass is 484 g/mol. The van der Waals surface area contributed by atoms with E-state index in [9.17, 15) is 14.9 Å². The predicted molar refractivity (Wildman–Crippen MR) is 137 cm³/mol. The van der Waals surface area contributed by atoms with Crippen molar-refractivity contribution in [2.75, 3.05) is 13.1 Å². The molecule has 1 aliphatic rings. The highest BCUT2D eigenvalue weighted by Crippen LogP contribution is 2.25. The number of benzene rings is 3. The normalized spacial score (nSPS) is 14.2. The van der Waals surface area contributed by atoms with Crippen LogP contribution < -0.4 is 4.74 Å². The van der Waals surface area contributed by atoms with E-state index >= 15 is 0 Å². The Kier molecular flexibility index (Phi) is 6.93. The number of aromatic nitrogens is 2. The number of nitro groups is 1. The second-order valence-electron chi connectivity index (χ2n) is 9.15. The van der Waals surface area contributed by atoms with Gasteiger partial charge in [0.15, 0.2) is 0 Å². The van der Waals surface area contributed by atoms with Gasteiger partial charge in [0.2, 0.25) is 5.91 Å². The van der Waals surface area contributed by atoms with Crippen molar-refractivity contribution in [1.82, 2.24) is 14.5 Å². The second kappa shape index (κ2) is 10.6. The molecule has 184 valence electrons. The first kappa shape index (κ1) is 23.5. The first-order valence-electron chi connectivity index (χ1n) is 12.2. The Morgan fingerprint density at radius 3 is 2.39 bits per heavy atom. The first-order chi connectivity index (χ1) is 17.6. The van der Waals surface area contributed by atoms with Gasteiger partial charge in [-0.05, 0) is 48.6 Å². The van der Waals surface area contributed by atoms with Crippen LogP contribution in [0, 0.1) is 16.0 Å². The zero-order chi connectivity index (χ0) is 24.9.